The Labute approximate surface area is 226 Å². The minimum Gasteiger partial charge on any atom is -0.374 e. The van der Waals surface area contributed by atoms with Gasteiger partial charge in [-0.15, -0.1) is 0 Å². The number of aryl methyl sites for hydroxylation is 1. The average molecular weight is 653 g/mol. The molecule has 2 aromatic rings. The number of oxime groups is 1. The van der Waals surface area contributed by atoms with E-state index in [-0.39, 0.29) is 29.2 Å². The van der Waals surface area contributed by atoms with Crippen molar-refractivity contribution in [3.05, 3.63) is 56.8 Å². The van der Waals surface area contributed by atoms with Crippen LogP contribution in [0.2, 0.25) is 0 Å². The third-order valence-electron chi connectivity index (χ3n) is 5.55. The minimum atomic E-state index is -5.46. The van der Waals surface area contributed by atoms with Gasteiger partial charge in [-0.05, 0) is 35.0 Å². The number of alkyl halides is 9. The summed E-state index contributed by atoms with van der Waals surface area (Å²) in [5.74, 6) is -3.55. The molecule has 1 aromatic heterocycles. The smallest absolute Gasteiger partial charge is 0.374 e. The van der Waals surface area contributed by atoms with Gasteiger partial charge in [-0.25, -0.2) is 14.4 Å². The van der Waals surface area contributed by atoms with Crippen LogP contribution in [-0.4, -0.2) is 46.3 Å². The first-order valence-electron chi connectivity index (χ1n) is 10.8. The number of carbonyl (C=O) groups excluding carboxylic acids is 2. The van der Waals surface area contributed by atoms with Crippen LogP contribution in [0.1, 0.15) is 52.3 Å². The van der Waals surface area contributed by atoms with Crippen LogP contribution < -0.4 is 5.32 Å². The molecule has 0 aliphatic carbocycles. The summed E-state index contributed by atoms with van der Waals surface area (Å²) in [5, 5.41) is 4.86. The lowest BCUT2D eigenvalue weighted by atomic mass is 9.86. The normalized spacial score (nSPS) is 17.9. The Bertz CT molecular complexity index is 1360. The molecule has 3 rings (SSSR count). The second kappa shape index (κ2) is 10.9. The van der Waals surface area contributed by atoms with E-state index in [9.17, 15) is 53.5 Å². The summed E-state index contributed by atoms with van der Waals surface area (Å²) in [6.07, 6.45) is -16.9. The van der Waals surface area contributed by atoms with E-state index < -0.39 is 88.8 Å². The van der Waals surface area contributed by atoms with Gasteiger partial charge in [0.15, 0.2) is 5.78 Å². The van der Waals surface area contributed by atoms with Crippen LogP contribution in [0, 0.1) is 12.7 Å². The Morgan fingerprint density at radius 2 is 1.73 bits per heavy atom. The molecule has 1 aromatic carbocycles. The van der Waals surface area contributed by atoms with Crippen LogP contribution in [0.4, 0.5) is 43.9 Å². The third-order valence-corrected chi connectivity index (χ3v) is 6.13. The van der Waals surface area contributed by atoms with Gasteiger partial charge >= 0.3 is 18.5 Å². The molecule has 0 radical (unpaired) electrons. The van der Waals surface area contributed by atoms with Crippen LogP contribution in [0.25, 0.3) is 0 Å². The molecule has 0 saturated heterocycles. The predicted octanol–water partition coefficient (Wildman–Crippen LogP) is 5.93. The first-order chi connectivity index (χ1) is 18.2. The number of aromatic nitrogens is 2. The van der Waals surface area contributed by atoms with Gasteiger partial charge < -0.3 is 10.2 Å². The van der Waals surface area contributed by atoms with Crippen LogP contribution >= 0.6 is 15.9 Å². The second-order valence-corrected chi connectivity index (χ2v) is 9.31. The highest BCUT2D eigenvalue weighted by molar-refractivity contribution is 9.10. The van der Waals surface area contributed by atoms with Crippen molar-refractivity contribution in [1.29, 1.82) is 0 Å². The van der Waals surface area contributed by atoms with Gasteiger partial charge in [0.05, 0.1) is 28.3 Å². The van der Waals surface area contributed by atoms with Crippen molar-refractivity contribution in [3.63, 3.8) is 0 Å². The summed E-state index contributed by atoms with van der Waals surface area (Å²) < 4.78 is 133. The molecule has 2 heterocycles. The number of nitrogens with one attached hydrogen (secondary N) is 1. The number of nitrogens with zero attached hydrogens (tertiary/aromatic N) is 3. The molecule has 1 aliphatic heterocycles. The summed E-state index contributed by atoms with van der Waals surface area (Å²) >= 11 is 2.49. The molecule has 0 fully saturated rings. The predicted molar refractivity (Wildman–Crippen MR) is 118 cm³/mol. The zero-order chi connectivity index (χ0) is 30.3. The summed E-state index contributed by atoms with van der Waals surface area (Å²) in [7, 11) is 0. The van der Waals surface area contributed by atoms with Crippen molar-refractivity contribution >= 4 is 33.3 Å². The number of Topliss-reactive ketones (excluding diaryl/α,β-unsaturated/α-hetero) is 1. The van der Waals surface area contributed by atoms with Gasteiger partial charge in [-0.2, -0.15) is 39.5 Å². The van der Waals surface area contributed by atoms with Gasteiger partial charge in [0, 0.05) is 18.4 Å². The van der Waals surface area contributed by atoms with Gasteiger partial charge in [-0.1, -0.05) is 5.16 Å². The quantitative estimate of drug-likeness (QED) is 0.296. The lowest BCUT2D eigenvalue weighted by molar-refractivity contribution is -0.277. The molecular weight excluding hydrogens is 638 g/mol. The van der Waals surface area contributed by atoms with E-state index in [1.807, 2.05) is 0 Å². The number of benzene rings is 1. The number of hydrogen-bond acceptors (Lipinski definition) is 6. The molecule has 0 saturated carbocycles. The maximum absolute atomic E-state index is 14.8. The SMILES string of the molecule is Cc1nc(C2=NOC(c3cc(C(F)(F)F)cc(Br)c3F)(C(F)(F)F)C2)cnc1C(=O)CCC(=O)NCC(F)(F)F. The van der Waals surface area contributed by atoms with Gasteiger partial charge in [0.1, 0.15) is 29.5 Å². The van der Waals surface area contributed by atoms with Crippen molar-refractivity contribution in [2.24, 2.45) is 5.16 Å². The molecule has 1 atom stereocenters. The average Bonchev–Trinajstić information content (AvgIpc) is 3.28. The number of halogens is 11. The highest BCUT2D eigenvalue weighted by atomic mass is 79.9. The van der Waals surface area contributed by atoms with E-state index in [0.717, 1.165) is 6.20 Å². The van der Waals surface area contributed by atoms with Crippen LogP contribution in [0.15, 0.2) is 28.0 Å². The van der Waals surface area contributed by atoms with E-state index in [4.69, 9.17) is 0 Å². The zero-order valence-electron chi connectivity index (χ0n) is 19.8. The number of ketones is 1. The van der Waals surface area contributed by atoms with E-state index in [0.29, 0.717) is 0 Å². The van der Waals surface area contributed by atoms with Crippen molar-refractivity contribution in [3.8, 4) is 0 Å². The maximum Gasteiger partial charge on any atom is 0.435 e. The summed E-state index contributed by atoms with van der Waals surface area (Å²) in [5.41, 5.74) is -8.20. The third kappa shape index (κ3) is 6.69. The lowest BCUT2D eigenvalue weighted by Crippen LogP contribution is -2.43. The molecule has 40 heavy (non-hydrogen) atoms. The largest absolute Gasteiger partial charge is 0.435 e. The Hall–Kier alpha value is -3.31. The Kier molecular flexibility index (Phi) is 8.53. The summed E-state index contributed by atoms with van der Waals surface area (Å²) in [6, 6.07) is 0.236. The topological polar surface area (TPSA) is 93.5 Å². The van der Waals surface area contributed by atoms with Crippen molar-refractivity contribution < 1.29 is 58.3 Å². The van der Waals surface area contributed by atoms with Gasteiger partial charge in [0.25, 0.3) is 5.60 Å². The Morgan fingerprint density at radius 3 is 2.27 bits per heavy atom. The first kappa shape index (κ1) is 31.2. The standard InChI is InChI=1S/C22H15BrF10N4O3/c1-9-18(15(38)2-3-16(39)35-8-20(25,26)27)34-7-14(36-9)13-6-19(40-37-13,22(31,32)33)11-4-10(21(28,29)30)5-12(23)17(11)24/h4-5,7H,2-3,6,8H2,1H3,(H,35,39). The first-order valence-corrected chi connectivity index (χ1v) is 11.6. The van der Waals surface area contributed by atoms with Crippen LogP contribution in [0.5, 0.6) is 0 Å². The fourth-order valence-electron chi connectivity index (χ4n) is 3.59. The molecule has 1 aliphatic rings. The van der Waals surface area contributed by atoms with E-state index in [2.05, 4.69) is 35.9 Å². The van der Waals surface area contributed by atoms with E-state index in [1.54, 1.807) is 5.32 Å². The highest BCUT2D eigenvalue weighted by Gasteiger charge is 2.64. The molecule has 0 spiro atoms. The summed E-state index contributed by atoms with van der Waals surface area (Å²) in [6.45, 7) is -0.386. The molecule has 18 heteroatoms. The van der Waals surface area contributed by atoms with Crippen LogP contribution in [0.3, 0.4) is 0 Å². The lowest BCUT2D eigenvalue weighted by Gasteiger charge is -2.30. The molecule has 1 amide bonds. The van der Waals surface area contributed by atoms with Crippen molar-refractivity contribution in [2.45, 2.75) is 50.3 Å². The fraction of sp³-hybridized carbons (Fsp3) is 0.409. The van der Waals surface area contributed by atoms with E-state index >= 15 is 0 Å². The van der Waals surface area contributed by atoms with Crippen molar-refractivity contribution in [2.75, 3.05) is 6.54 Å². The minimum absolute atomic E-state index is 0.0321. The molecule has 1 unspecified atom stereocenters. The van der Waals surface area contributed by atoms with Crippen molar-refractivity contribution in [1.82, 2.24) is 15.3 Å². The Balaban J connectivity index is 1.85. The van der Waals surface area contributed by atoms with E-state index in [1.165, 1.54) is 6.92 Å². The maximum atomic E-state index is 14.8. The highest BCUT2D eigenvalue weighted by Crippen LogP contribution is 2.51. The number of hydrogen-bond donors (Lipinski definition) is 1. The molecule has 7 nitrogen and oxygen atoms in total. The monoisotopic (exact) mass is 652 g/mol. The number of carbonyl (C=O) groups is 2. The van der Waals surface area contributed by atoms with Gasteiger partial charge in [0.2, 0.25) is 5.91 Å². The Morgan fingerprint density at radius 1 is 1.07 bits per heavy atom. The number of rotatable bonds is 7. The molecule has 1 N–H and O–H groups in total. The summed E-state index contributed by atoms with van der Waals surface area (Å²) in [4.78, 5) is 36.1. The van der Waals surface area contributed by atoms with Gasteiger partial charge in [-0.3, -0.25) is 9.59 Å². The number of amides is 1. The fourth-order valence-corrected chi connectivity index (χ4v) is 4.05. The zero-order valence-corrected chi connectivity index (χ0v) is 21.4. The molecular formula is C22H15BrF10N4O3. The molecule has 0 bridgehead atoms. The molecule has 218 valence electrons. The van der Waals surface area contributed by atoms with Crippen LogP contribution in [-0.2, 0) is 21.4 Å². The second-order valence-electron chi connectivity index (χ2n) is 8.45.